The van der Waals surface area contributed by atoms with Gasteiger partial charge in [0.15, 0.2) is 5.82 Å². The van der Waals surface area contributed by atoms with Gasteiger partial charge in [-0.05, 0) is 37.5 Å². The van der Waals surface area contributed by atoms with Crippen LogP contribution < -0.4 is 0 Å². The highest BCUT2D eigenvalue weighted by Crippen LogP contribution is 2.63. The Hall–Kier alpha value is -1.67. The van der Waals surface area contributed by atoms with E-state index in [4.69, 9.17) is 30.4 Å². The van der Waals surface area contributed by atoms with Gasteiger partial charge < -0.3 is 18.8 Å². The van der Waals surface area contributed by atoms with Gasteiger partial charge in [-0.3, -0.25) is 4.79 Å². The third-order valence-electron chi connectivity index (χ3n) is 7.37. The summed E-state index contributed by atoms with van der Waals surface area (Å²) in [6.45, 7) is 9.93. The number of hydrogen-bond donors (Lipinski definition) is 0. The molecule has 2 bridgehead atoms. The molecule has 7 atom stereocenters. The largest absolute Gasteiger partial charge is 0.446 e. The summed E-state index contributed by atoms with van der Waals surface area (Å²) in [5, 5.41) is 7.34. The SMILES string of the molecule is CC(=O)O[C@@]1(c2nc(C)no2)C[C@@H]2O[C@H]1[C@H]1C(C3C(C)CC(C)CC3C)=NO[C@@]21Cl. The number of esters is 1. The molecule has 1 aromatic rings. The van der Waals surface area contributed by atoms with Crippen LogP contribution in [0.1, 0.15) is 58.7 Å². The van der Waals surface area contributed by atoms with Crippen molar-refractivity contribution in [2.24, 2.45) is 34.7 Å². The van der Waals surface area contributed by atoms with Crippen molar-refractivity contribution >= 4 is 23.3 Å². The van der Waals surface area contributed by atoms with E-state index in [0.717, 1.165) is 18.6 Å². The van der Waals surface area contributed by atoms with Crippen LogP contribution in [-0.2, 0) is 24.7 Å². The van der Waals surface area contributed by atoms with Gasteiger partial charge in [-0.1, -0.05) is 42.7 Å². The van der Waals surface area contributed by atoms with Crippen molar-refractivity contribution < 1.29 is 23.6 Å². The van der Waals surface area contributed by atoms with Crippen LogP contribution >= 0.6 is 11.6 Å². The van der Waals surface area contributed by atoms with E-state index in [0.29, 0.717) is 23.6 Å². The van der Waals surface area contributed by atoms with E-state index in [-0.39, 0.29) is 24.1 Å². The molecule has 1 aromatic heterocycles. The molecule has 3 aliphatic heterocycles. The van der Waals surface area contributed by atoms with Crippen molar-refractivity contribution in [3.05, 3.63) is 11.7 Å². The number of ether oxygens (including phenoxy) is 2. The monoisotopic (exact) mass is 437 g/mol. The molecule has 2 saturated heterocycles. The van der Waals surface area contributed by atoms with Crippen LogP contribution in [-0.4, -0.2) is 39.1 Å². The Morgan fingerprint density at radius 2 is 1.93 bits per heavy atom. The molecule has 0 spiro atoms. The van der Waals surface area contributed by atoms with E-state index < -0.39 is 28.8 Å². The molecule has 1 aliphatic carbocycles. The smallest absolute Gasteiger partial charge is 0.303 e. The molecule has 5 rings (SSSR count). The maximum atomic E-state index is 12.1. The number of hydrogen-bond acceptors (Lipinski definition) is 8. The molecule has 4 heterocycles. The summed E-state index contributed by atoms with van der Waals surface area (Å²) in [6.07, 6.45) is 1.44. The summed E-state index contributed by atoms with van der Waals surface area (Å²) in [5.74, 6) is 1.71. The Balaban J connectivity index is 1.55. The number of nitrogens with zero attached hydrogens (tertiary/aromatic N) is 3. The predicted molar refractivity (Wildman–Crippen MR) is 107 cm³/mol. The summed E-state index contributed by atoms with van der Waals surface area (Å²) in [4.78, 5) is 22.3. The summed E-state index contributed by atoms with van der Waals surface area (Å²) in [7, 11) is 0. The number of fused-ring (bicyclic) bond motifs is 5. The number of oxime groups is 1. The molecule has 8 nitrogen and oxygen atoms in total. The van der Waals surface area contributed by atoms with Crippen LogP contribution in [0, 0.1) is 36.5 Å². The highest BCUT2D eigenvalue weighted by molar-refractivity contribution is 6.26. The molecule has 0 radical (unpaired) electrons. The number of alkyl halides is 1. The Kier molecular flexibility index (Phi) is 4.50. The highest BCUT2D eigenvalue weighted by atomic mass is 35.5. The van der Waals surface area contributed by atoms with E-state index in [1.165, 1.54) is 6.92 Å². The first kappa shape index (κ1) is 20.2. The van der Waals surface area contributed by atoms with Gasteiger partial charge in [0.05, 0.1) is 11.6 Å². The zero-order valence-corrected chi connectivity index (χ0v) is 18.7. The van der Waals surface area contributed by atoms with Gasteiger partial charge in [0.1, 0.15) is 12.2 Å². The fraction of sp³-hybridized carbons (Fsp3) is 0.810. The van der Waals surface area contributed by atoms with Crippen molar-refractivity contribution in [1.82, 2.24) is 10.1 Å². The van der Waals surface area contributed by atoms with E-state index in [1.807, 2.05) is 0 Å². The quantitative estimate of drug-likeness (QED) is 0.526. The van der Waals surface area contributed by atoms with Crippen molar-refractivity contribution in [2.75, 3.05) is 0 Å². The van der Waals surface area contributed by atoms with Crippen LogP contribution in [0.3, 0.4) is 0 Å². The molecule has 4 aliphatic rings. The maximum Gasteiger partial charge on any atom is 0.303 e. The lowest BCUT2D eigenvalue weighted by Crippen LogP contribution is -2.56. The Morgan fingerprint density at radius 1 is 1.23 bits per heavy atom. The second-order valence-corrected chi connectivity index (χ2v) is 10.3. The lowest BCUT2D eigenvalue weighted by Gasteiger charge is -2.42. The van der Waals surface area contributed by atoms with Crippen LogP contribution in [0.5, 0.6) is 0 Å². The topological polar surface area (TPSA) is 96.0 Å². The van der Waals surface area contributed by atoms with E-state index in [2.05, 4.69) is 36.1 Å². The van der Waals surface area contributed by atoms with Gasteiger partial charge in [-0.15, -0.1) is 0 Å². The number of rotatable bonds is 3. The molecule has 3 fully saturated rings. The Morgan fingerprint density at radius 3 is 2.53 bits per heavy atom. The zero-order chi connectivity index (χ0) is 21.4. The number of carbonyl (C=O) groups is 1. The number of halogens is 1. The number of aromatic nitrogens is 2. The van der Waals surface area contributed by atoms with E-state index in [9.17, 15) is 4.79 Å². The van der Waals surface area contributed by atoms with E-state index in [1.54, 1.807) is 6.92 Å². The molecule has 2 unspecified atom stereocenters. The molecule has 30 heavy (non-hydrogen) atoms. The molecule has 0 N–H and O–H groups in total. The second-order valence-electron chi connectivity index (χ2n) is 9.72. The first-order chi connectivity index (χ1) is 14.2. The average Bonchev–Trinajstić information content (AvgIpc) is 3.35. The summed E-state index contributed by atoms with van der Waals surface area (Å²) in [6, 6.07) is 0. The molecule has 0 amide bonds. The van der Waals surface area contributed by atoms with Gasteiger partial charge in [0.25, 0.3) is 5.89 Å². The molecular weight excluding hydrogens is 410 g/mol. The molecule has 1 saturated carbocycles. The highest BCUT2D eigenvalue weighted by Gasteiger charge is 2.77. The molecular formula is C21H28ClN3O5. The third kappa shape index (κ3) is 2.68. The van der Waals surface area contributed by atoms with Gasteiger partial charge in [-0.25, -0.2) is 0 Å². The second kappa shape index (κ2) is 6.66. The van der Waals surface area contributed by atoms with Crippen LogP contribution in [0.25, 0.3) is 0 Å². The lowest BCUT2D eigenvalue weighted by molar-refractivity contribution is -0.172. The van der Waals surface area contributed by atoms with Crippen LogP contribution in [0.2, 0.25) is 0 Å². The molecule has 9 heteroatoms. The maximum absolute atomic E-state index is 12.1. The van der Waals surface area contributed by atoms with E-state index >= 15 is 0 Å². The summed E-state index contributed by atoms with van der Waals surface area (Å²) >= 11 is 6.99. The van der Waals surface area contributed by atoms with Crippen molar-refractivity contribution in [2.45, 2.75) is 76.8 Å². The normalized spacial score (nSPS) is 47.0. The van der Waals surface area contributed by atoms with Crippen molar-refractivity contribution in [3.8, 4) is 0 Å². The van der Waals surface area contributed by atoms with Gasteiger partial charge >= 0.3 is 5.97 Å². The average molecular weight is 438 g/mol. The zero-order valence-electron chi connectivity index (χ0n) is 17.9. The third-order valence-corrected chi connectivity index (χ3v) is 7.91. The minimum atomic E-state index is -1.19. The van der Waals surface area contributed by atoms with Crippen molar-refractivity contribution in [1.29, 1.82) is 0 Å². The number of carbonyl (C=O) groups excluding carboxylic acids is 1. The predicted octanol–water partition coefficient (Wildman–Crippen LogP) is 3.56. The van der Waals surface area contributed by atoms with Crippen molar-refractivity contribution in [3.63, 3.8) is 0 Å². The first-order valence-corrected chi connectivity index (χ1v) is 11.1. The van der Waals surface area contributed by atoms with Gasteiger partial charge in [-0.2, -0.15) is 4.98 Å². The molecule has 0 aromatic carbocycles. The Bertz CT molecular complexity index is 893. The first-order valence-electron chi connectivity index (χ1n) is 10.8. The fourth-order valence-electron chi connectivity index (χ4n) is 6.51. The molecule has 164 valence electrons. The fourth-order valence-corrected chi connectivity index (χ4v) is 6.90. The van der Waals surface area contributed by atoms with Gasteiger partial charge in [0.2, 0.25) is 10.7 Å². The summed E-state index contributed by atoms with van der Waals surface area (Å²) < 4.78 is 17.6. The summed E-state index contributed by atoms with van der Waals surface area (Å²) in [5.41, 5.74) is -0.277. The van der Waals surface area contributed by atoms with Gasteiger partial charge in [0, 0.05) is 19.3 Å². The van der Waals surface area contributed by atoms with Crippen LogP contribution in [0.4, 0.5) is 0 Å². The minimum absolute atomic E-state index is 0.231. The number of aryl methyl sites for hydroxylation is 1. The standard InChI is InChI=1S/C21H28ClN3O5/c1-9-6-10(2)15(11(3)7-9)17-16-18-20(28-13(5)26,19-23-12(4)24-29-19)8-14(27-18)21(16,22)30-25-17/h9-11,14-16,18H,6-8H2,1-5H3/t9?,10?,11?,14-,15?,16+,18-,20-,21-/m0/s1. The Labute approximate surface area is 180 Å². The lowest BCUT2D eigenvalue weighted by atomic mass is 9.62. The van der Waals surface area contributed by atoms with Crippen LogP contribution in [0.15, 0.2) is 9.68 Å². The minimum Gasteiger partial charge on any atom is -0.446 e.